The van der Waals surface area contributed by atoms with Gasteiger partial charge in [0.25, 0.3) is 5.91 Å². The number of benzene rings is 1. The van der Waals surface area contributed by atoms with Gasteiger partial charge in [0.1, 0.15) is 6.04 Å². The first kappa shape index (κ1) is 15.7. The number of carbonyl (C=O) groups excluding carboxylic acids is 1. The molecule has 1 saturated heterocycles. The Morgan fingerprint density at radius 1 is 1.27 bits per heavy atom. The van der Waals surface area contributed by atoms with Crippen LogP contribution in [-0.2, 0) is 0 Å². The van der Waals surface area contributed by atoms with Crippen molar-refractivity contribution in [3.63, 3.8) is 0 Å². The summed E-state index contributed by atoms with van der Waals surface area (Å²) in [5, 5.41) is 5.24. The maximum atomic E-state index is 12.3. The molecule has 1 aliphatic heterocycles. The molecule has 0 saturated carbocycles. The van der Waals surface area contributed by atoms with E-state index < -0.39 is 0 Å². The van der Waals surface area contributed by atoms with Gasteiger partial charge in [0.15, 0.2) is 0 Å². The minimum atomic E-state index is 0.00135. The number of rotatable bonds is 5. The van der Waals surface area contributed by atoms with Gasteiger partial charge in [-0.15, -0.1) is 11.3 Å². The predicted molar refractivity (Wildman–Crippen MR) is 93.5 cm³/mol. The van der Waals surface area contributed by atoms with E-state index in [0.29, 0.717) is 18.2 Å². The molecule has 22 heavy (non-hydrogen) atoms. The lowest BCUT2D eigenvalue weighted by Gasteiger charge is -2.24. The number of likely N-dealkylation sites (tertiary alicyclic amines) is 1. The van der Waals surface area contributed by atoms with Crippen LogP contribution in [-0.4, -0.2) is 25.5 Å². The fraction of sp³-hybridized carbons (Fsp3) is 0.353. The van der Waals surface area contributed by atoms with Gasteiger partial charge in [-0.25, -0.2) is 0 Å². The van der Waals surface area contributed by atoms with Crippen LogP contribution in [0.25, 0.3) is 0 Å². The lowest BCUT2D eigenvalue weighted by Crippen LogP contribution is -3.11. The second-order valence-electron chi connectivity index (χ2n) is 5.65. The third-order valence-electron chi connectivity index (χ3n) is 4.18. The molecule has 1 atom stereocenters. The average Bonchev–Trinajstić information content (AvgIpc) is 3.21. The second-order valence-corrected chi connectivity index (χ2v) is 7.55. The van der Waals surface area contributed by atoms with Crippen LogP contribution in [0.3, 0.4) is 0 Å². The summed E-state index contributed by atoms with van der Waals surface area (Å²) < 4.78 is 0.931. The molecule has 2 heterocycles. The Hall–Kier alpha value is -1.17. The molecule has 0 aliphatic carbocycles. The maximum Gasteiger partial charge on any atom is 0.251 e. The van der Waals surface area contributed by atoms with E-state index in [4.69, 9.17) is 0 Å². The molecule has 116 valence electrons. The van der Waals surface area contributed by atoms with Gasteiger partial charge in [-0.1, -0.05) is 28.1 Å². The van der Waals surface area contributed by atoms with Crippen molar-refractivity contribution in [2.45, 2.75) is 18.9 Å². The summed E-state index contributed by atoms with van der Waals surface area (Å²) >= 11 is 5.20. The molecule has 1 aromatic heterocycles. The number of halogens is 1. The maximum absolute atomic E-state index is 12.3. The molecule has 0 bridgehead atoms. The summed E-state index contributed by atoms with van der Waals surface area (Å²) in [6.07, 6.45) is 2.58. The molecule has 1 aromatic carbocycles. The Kier molecular flexibility index (Phi) is 5.28. The highest BCUT2D eigenvalue weighted by molar-refractivity contribution is 9.10. The molecular weight excluding hydrogens is 360 g/mol. The van der Waals surface area contributed by atoms with E-state index in [2.05, 4.69) is 38.8 Å². The van der Waals surface area contributed by atoms with Crippen molar-refractivity contribution in [2.24, 2.45) is 0 Å². The van der Waals surface area contributed by atoms with Crippen molar-refractivity contribution in [2.75, 3.05) is 19.6 Å². The molecule has 1 fully saturated rings. The third kappa shape index (κ3) is 3.77. The number of hydrogen-bond acceptors (Lipinski definition) is 2. The van der Waals surface area contributed by atoms with E-state index in [0.717, 1.165) is 4.47 Å². The van der Waals surface area contributed by atoms with Gasteiger partial charge >= 0.3 is 0 Å². The molecule has 1 amide bonds. The summed E-state index contributed by atoms with van der Waals surface area (Å²) in [6.45, 7) is 3.10. The molecule has 0 unspecified atom stereocenters. The summed E-state index contributed by atoms with van der Waals surface area (Å²) in [6, 6.07) is 12.2. The van der Waals surface area contributed by atoms with Gasteiger partial charge in [0.05, 0.1) is 24.5 Å². The van der Waals surface area contributed by atoms with Gasteiger partial charge in [-0.05, 0) is 29.6 Å². The van der Waals surface area contributed by atoms with Crippen LogP contribution in [0, 0.1) is 0 Å². The Morgan fingerprint density at radius 2 is 2.09 bits per heavy atom. The van der Waals surface area contributed by atoms with Crippen LogP contribution in [0.4, 0.5) is 0 Å². The van der Waals surface area contributed by atoms with Gasteiger partial charge in [-0.2, -0.15) is 0 Å². The SMILES string of the molecule is O=C(NC[C@@H](c1cccs1)[NH+]1CCCC1)c1cccc(Br)c1. The van der Waals surface area contributed by atoms with E-state index in [9.17, 15) is 4.79 Å². The Morgan fingerprint density at radius 3 is 2.77 bits per heavy atom. The number of carbonyl (C=O) groups is 1. The zero-order valence-corrected chi connectivity index (χ0v) is 14.8. The smallest absolute Gasteiger partial charge is 0.251 e. The molecule has 3 rings (SSSR count). The topological polar surface area (TPSA) is 33.5 Å². The van der Waals surface area contributed by atoms with Crippen LogP contribution in [0.5, 0.6) is 0 Å². The van der Waals surface area contributed by atoms with E-state index in [1.54, 1.807) is 16.2 Å². The summed E-state index contributed by atoms with van der Waals surface area (Å²) in [4.78, 5) is 15.3. The number of thiophene rings is 1. The Bertz CT molecular complexity index is 623. The summed E-state index contributed by atoms with van der Waals surface area (Å²) in [5.41, 5.74) is 0.704. The predicted octanol–water partition coefficient (Wildman–Crippen LogP) is 2.66. The summed E-state index contributed by atoms with van der Waals surface area (Å²) in [7, 11) is 0. The van der Waals surface area contributed by atoms with Crippen LogP contribution in [0.1, 0.15) is 34.1 Å². The highest BCUT2D eigenvalue weighted by Crippen LogP contribution is 2.17. The van der Waals surface area contributed by atoms with E-state index in [-0.39, 0.29) is 5.91 Å². The first-order valence-corrected chi connectivity index (χ1v) is 9.33. The molecule has 2 aromatic rings. The molecular formula is C17H20BrN2OS+. The van der Waals surface area contributed by atoms with Crippen molar-refractivity contribution >= 4 is 33.2 Å². The lowest BCUT2D eigenvalue weighted by molar-refractivity contribution is -0.918. The van der Waals surface area contributed by atoms with Gasteiger partial charge in [0.2, 0.25) is 0 Å². The monoisotopic (exact) mass is 379 g/mol. The molecule has 0 spiro atoms. The quantitative estimate of drug-likeness (QED) is 0.822. The summed E-state index contributed by atoms with van der Waals surface area (Å²) in [5.74, 6) is 0.00135. The first-order chi connectivity index (χ1) is 10.7. The van der Waals surface area contributed by atoms with Gasteiger partial charge in [-0.3, -0.25) is 4.79 Å². The van der Waals surface area contributed by atoms with E-state index in [1.807, 2.05) is 24.3 Å². The molecule has 0 radical (unpaired) electrons. The second kappa shape index (κ2) is 7.40. The number of quaternary nitrogens is 1. The standard InChI is InChI=1S/C17H19BrN2OS/c18-14-6-3-5-13(11-14)17(21)19-12-15(16-7-4-10-22-16)20-8-1-2-9-20/h3-7,10-11,15H,1-2,8-9,12H2,(H,19,21)/p+1/t15-/m0/s1. The first-order valence-electron chi connectivity index (χ1n) is 7.66. The molecule has 1 aliphatic rings. The zero-order valence-electron chi connectivity index (χ0n) is 12.3. The highest BCUT2D eigenvalue weighted by Gasteiger charge is 2.28. The molecule has 2 N–H and O–H groups in total. The third-order valence-corrected chi connectivity index (χ3v) is 5.66. The fourth-order valence-corrected chi connectivity index (χ4v) is 4.32. The Balaban J connectivity index is 1.67. The Labute approximate surface area is 143 Å². The largest absolute Gasteiger partial charge is 0.346 e. The van der Waals surface area contributed by atoms with Gasteiger partial charge < -0.3 is 10.2 Å². The minimum absolute atomic E-state index is 0.00135. The van der Waals surface area contributed by atoms with Crippen molar-refractivity contribution < 1.29 is 9.69 Å². The number of amides is 1. The minimum Gasteiger partial charge on any atom is -0.346 e. The fourth-order valence-electron chi connectivity index (χ4n) is 3.04. The van der Waals surface area contributed by atoms with Crippen LogP contribution in [0.15, 0.2) is 46.3 Å². The van der Waals surface area contributed by atoms with Crippen LogP contribution in [0.2, 0.25) is 0 Å². The number of hydrogen-bond donors (Lipinski definition) is 2. The van der Waals surface area contributed by atoms with E-state index in [1.165, 1.54) is 30.8 Å². The van der Waals surface area contributed by atoms with Crippen LogP contribution < -0.4 is 10.2 Å². The average molecular weight is 380 g/mol. The van der Waals surface area contributed by atoms with Gasteiger partial charge in [0, 0.05) is 22.9 Å². The van der Waals surface area contributed by atoms with Crippen molar-refractivity contribution in [3.05, 3.63) is 56.7 Å². The van der Waals surface area contributed by atoms with Crippen molar-refractivity contribution in [1.29, 1.82) is 0 Å². The van der Waals surface area contributed by atoms with Crippen molar-refractivity contribution in [3.8, 4) is 0 Å². The molecule has 5 heteroatoms. The molecule has 3 nitrogen and oxygen atoms in total. The van der Waals surface area contributed by atoms with Crippen molar-refractivity contribution in [1.82, 2.24) is 5.32 Å². The lowest BCUT2D eigenvalue weighted by atomic mass is 10.2. The zero-order chi connectivity index (χ0) is 15.4. The highest BCUT2D eigenvalue weighted by atomic mass is 79.9. The normalized spacial score (nSPS) is 16.6. The van der Waals surface area contributed by atoms with E-state index >= 15 is 0 Å². The van der Waals surface area contributed by atoms with Crippen LogP contribution >= 0.6 is 27.3 Å². The number of nitrogens with one attached hydrogen (secondary N) is 2.